The van der Waals surface area contributed by atoms with Crippen molar-refractivity contribution in [2.45, 2.75) is 19.8 Å². The summed E-state index contributed by atoms with van der Waals surface area (Å²) in [5.41, 5.74) is 9.99. The summed E-state index contributed by atoms with van der Waals surface area (Å²) in [4.78, 5) is 7.99. The Kier molecular flexibility index (Phi) is 5.73. The van der Waals surface area contributed by atoms with Crippen LogP contribution in [0.2, 0.25) is 0 Å². The van der Waals surface area contributed by atoms with Crippen LogP contribution in [0, 0.1) is 6.92 Å². The molecule has 0 aliphatic rings. The first-order chi connectivity index (χ1) is 16.2. The highest BCUT2D eigenvalue weighted by molar-refractivity contribution is 5.95. The van der Waals surface area contributed by atoms with Gasteiger partial charge in [0.2, 0.25) is 0 Å². The van der Waals surface area contributed by atoms with Crippen LogP contribution in [-0.4, -0.2) is 20.2 Å². The predicted molar refractivity (Wildman–Crippen MR) is 137 cm³/mol. The topological polar surface area (TPSA) is 57.4 Å². The number of nitrogens with zero attached hydrogens (tertiary/aromatic N) is 2. The zero-order chi connectivity index (χ0) is 22.6. The number of hydrogen-bond donors (Lipinski definition) is 2. The molecule has 0 amide bonds. The number of aryl methyl sites for hydroxylation is 3. The number of allylic oxidation sites excluding steroid dienone is 2. The molecule has 0 radical (unpaired) electrons. The molecule has 0 spiro atoms. The molecule has 5 rings (SSSR count). The van der Waals surface area contributed by atoms with Gasteiger partial charge >= 0.3 is 0 Å². The molecule has 0 fully saturated rings. The number of rotatable bonds is 7. The van der Waals surface area contributed by atoms with Gasteiger partial charge in [0.15, 0.2) is 0 Å². The fourth-order valence-corrected chi connectivity index (χ4v) is 4.16. The summed E-state index contributed by atoms with van der Waals surface area (Å²) in [6, 6.07) is 21.4. The minimum absolute atomic E-state index is 0.918. The average Bonchev–Trinajstić information content (AvgIpc) is 3.44. The Morgan fingerprint density at radius 1 is 0.909 bits per heavy atom. The van der Waals surface area contributed by atoms with E-state index in [4.69, 9.17) is 0 Å². The fourth-order valence-electron chi connectivity index (χ4n) is 4.16. The molecule has 2 N–H and O–H groups in total. The number of H-pyrrole nitrogens is 2. The van der Waals surface area contributed by atoms with Crippen molar-refractivity contribution in [3.05, 3.63) is 114 Å². The first kappa shape index (κ1) is 20.7. The van der Waals surface area contributed by atoms with Crippen molar-refractivity contribution in [2.75, 3.05) is 0 Å². The van der Waals surface area contributed by atoms with Gasteiger partial charge in [-0.3, -0.25) is 10.1 Å². The second-order valence-electron chi connectivity index (χ2n) is 8.26. The third-order valence-electron chi connectivity index (χ3n) is 5.96. The molecular formula is C29H26N4. The van der Waals surface area contributed by atoms with Crippen molar-refractivity contribution in [1.29, 1.82) is 0 Å². The van der Waals surface area contributed by atoms with Gasteiger partial charge < -0.3 is 4.98 Å². The van der Waals surface area contributed by atoms with E-state index >= 15 is 0 Å². The molecule has 2 aromatic carbocycles. The minimum atomic E-state index is 0.918. The summed E-state index contributed by atoms with van der Waals surface area (Å²) < 4.78 is 0. The Hall–Kier alpha value is -4.18. The first-order valence-corrected chi connectivity index (χ1v) is 11.2. The maximum absolute atomic E-state index is 4.60. The molecular weight excluding hydrogens is 404 g/mol. The van der Waals surface area contributed by atoms with Crippen molar-refractivity contribution in [3.63, 3.8) is 0 Å². The molecule has 0 aliphatic carbocycles. The molecule has 33 heavy (non-hydrogen) atoms. The molecule has 3 heterocycles. The van der Waals surface area contributed by atoms with E-state index in [-0.39, 0.29) is 0 Å². The standard InChI is InChI=1S/C29H26N4/c1-3-4-10-23-17-28(31-20(23)2)29-26-16-24(13-14-27(26)32-33-29)25-15-22(18-30-19-25)12-11-21-8-6-5-7-9-21/h3-10,13-19,31H,1,11-12H2,2H3,(H,32,33)/b10-4-. The number of aromatic nitrogens is 4. The highest BCUT2D eigenvalue weighted by atomic mass is 15.1. The third-order valence-corrected chi connectivity index (χ3v) is 5.96. The minimum Gasteiger partial charge on any atom is -0.357 e. The maximum atomic E-state index is 4.60. The smallest absolute Gasteiger partial charge is 0.116 e. The monoisotopic (exact) mass is 430 g/mol. The van der Waals surface area contributed by atoms with Crippen LogP contribution in [-0.2, 0) is 12.8 Å². The predicted octanol–water partition coefficient (Wildman–Crippen LogP) is 6.91. The summed E-state index contributed by atoms with van der Waals surface area (Å²) in [6.45, 7) is 5.82. The molecule has 3 aromatic heterocycles. The summed E-state index contributed by atoms with van der Waals surface area (Å²) in [7, 11) is 0. The normalized spacial score (nSPS) is 11.4. The highest BCUT2D eigenvalue weighted by Crippen LogP contribution is 2.31. The number of benzene rings is 2. The summed E-state index contributed by atoms with van der Waals surface area (Å²) >= 11 is 0. The summed E-state index contributed by atoms with van der Waals surface area (Å²) in [6.07, 6.45) is 11.6. The van der Waals surface area contributed by atoms with Crippen LogP contribution in [0.25, 0.3) is 39.5 Å². The quantitative estimate of drug-likeness (QED) is 0.276. The molecule has 0 atom stereocenters. The highest BCUT2D eigenvalue weighted by Gasteiger charge is 2.13. The molecule has 4 nitrogen and oxygen atoms in total. The first-order valence-electron chi connectivity index (χ1n) is 11.2. The Morgan fingerprint density at radius 2 is 1.76 bits per heavy atom. The third kappa shape index (κ3) is 4.41. The lowest BCUT2D eigenvalue weighted by atomic mass is 10.0. The van der Waals surface area contributed by atoms with E-state index in [1.165, 1.54) is 11.1 Å². The fraction of sp³-hybridized carbons (Fsp3) is 0.103. The van der Waals surface area contributed by atoms with E-state index in [0.717, 1.165) is 57.5 Å². The lowest BCUT2D eigenvalue weighted by Crippen LogP contribution is -1.93. The van der Waals surface area contributed by atoms with Crippen LogP contribution in [0.5, 0.6) is 0 Å². The number of fused-ring (bicyclic) bond motifs is 1. The molecule has 4 heteroatoms. The van der Waals surface area contributed by atoms with E-state index in [2.05, 4.69) is 100 Å². The Bertz CT molecular complexity index is 1440. The Balaban J connectivity index is 1.45. The Labute approximate surface area is 193 Å². The van der Waals surface area contributed by atoms with Crippen LogP contribution in [0.1, 0.15) is 22.4 Å². The van der Waals surface area contributed by atoms with Gasteiger partial charge in [0, 0.05) is 29.0 Å². The number of pyridine rings is 1. The van der Waals surface area contributed by atoms with Crippen molar-refractivity contribution >= 4 is 17.0 Å². The molecule has 162 valence electrons. The van der Waals surface area contributed by atoms with E-state index in [0.29, 0.717) is 0 Å². The maximum Gasteiger partial charge on any atom is 0.116 e. The lowest BCUT2D eigenvalue weighted by Gasteiger charge is -2.06. The van der Waals surface area contributed by atoms with Crippen LogP contribution in [0.15, 0.2) is 91.8 Å². The van der Waals surface area contributed by atoms with Gasteiger partial charge in [0.1, 0.15) is 5.69 Å². The summed E-state index contributed by atoms with van der Waals surface area (Å²) in [5.74, 6) is 0. The second kappa shape index (κ2) is 9.13. The van der Waals surface area contributed by atoms with Gasteiger partial charge in [-0.15, -0.1) is 0 Å². The molecule has 0 unspecified atom stereocenters. The SMILES string of the molecule is C=C/C=C\c1cc(-c2n[nH]c3ccc(-c4cncc(CCc5ccccc5)c4)cc23)[nH]c1C. The van der Waals surface area contributed by atoms with Crippen LogP contribution in [0.4, 0.5) is 0 Å². The number of aromatic amines is 2. The zero-order valence-corrected chi connectivity index (χ0v) is 18.7. The molecule has 0 saturated carbocycles. The van der Waals surface area contributed by atoms with Gasteiger partial charge in [-0.2, -0.15) is 5.10 Å². The van der Waals surface area contributed by atoms with Gasteiger partial charge in [-0.05, 0) is 66.3 Å². The number of hydrogen-bond acceptors (Lipinski definition) is 2. The average molecular weight is 431 g/mol. The molecule has 0 aliphatic heterocycles. The molecule has 0 bridgehead atoms. The van der Waals surface area contributed by atoms with Gasteiger partial charge in [-0.25, -0.2) is 0 Å². The molecule has 5 aromatic rings. The van der Waals surface area contributed by atoms with Crippen LogP contribution >= 0.6 is 0 Å². The largest absolute Gasteiger partial charge is 0.357 e. The van der Waals surface area contributed by atoms with Crippen molar-refractivity contribution in [1.82, 2.24) is 20.2 Å². The second-order valence-corrected chi connectivity index (χ2v) is 8.26. The molecule has 0 saturated heterocycles. The Morgan fingerprint density at radius 3 is 2.61 bits per heavy atom. The van der Waals surface area contributed by atoms with E-state index < -0.39 is 0 Å². The van der Waals surface area contributed by atoms with Crippen molar-refractivity contribution in [2.24, 2.45) is 0 Å². The van der Waals surface area contributed by atoms with Gasteiger partial charge in [0.05, 0.1) is 11.2 Å². The van der Waals surface area contributed by atoms with E-state index in [1.807, 2.05) is 18.5 Å². The van der Waals surface area contributed by atoms with E-state index in [1.54, 1.807) is 6.08 Å². The zero-order valence-electron chi connectivity index (χ0n) is 18.7. The van der Waals surface area contributed by atoms with Crippen molar-refractivity contribution in [3.8, 4) is 22.5 Å². The lowest BCUT2D eigenvalue weighted by molar-refractivity contribution is 0.950. The van der Waals surface area contributed by atoms with Crippen molar-refractivity contribution < 1.29 is 0 Å². The van der Waals surface area contributed by atoms with Crippen LogP contribution in [0.3, 0.4) is 0 Å². The van der Waals surface area contributed by atoms with Gasteiger partial charge in [0.25, 0.3) is 0 Å². The number of nitrogens with one attached hydrogen (secondary N) is 2. The van der Waals surface area contributed by atoms with Gasteiger partial charge in [-0.1, -0.05) is 61.2 Å². The van der Waals surface area contributed by atoms with E-state index in [9.17, 15) is 0 Å². The summed E-state index contributed by atoms with van der Waals surface area (Å²) in [5, 5.41) is 8.85. The van der Waals surface area contributed by atoms with Crippen LogP contribution < -0.4 is 0 Å².